The minimum atomic E-state index is -0.404. The first-order valence-electron chi connectivity index (χ1n) is 9.62. The minimum absolute atomic E-state index is 0.145. The molecule has 28 heavy (non-hydrogen) atoms. The first kappa shape index (κ1) is 20.3. The van der Waals surface area contributed by atoms with Crippen LogP contribution in [0.2, 0.25) is 0 Å². The van der Waals surface area contributed by atoms with Gasteiger partial charge in [0.25, 0.3) is 5.56 Å². The van der Waals surface area contributed by atoms with Crippen LogP contribution in [-0.4, -0.2) is 57.4 Å². The number of hydrogen-bond acceptors (Lipinski definition) is 7. The lowest BCUT2D eigenvalue weighted by molar-refractivity contribution is 0.137. The number of anilines is 1. The summed E-state index contributed by atoms with van der Waals surface area (Å²) in [5.74, 6) is 0.544. The lowest BCUT2D eigenvalue weighted by atomic mass is 10.2. The number of hydrogen-bond donors (Lipinski definition) is 0. The fourth-order valence-corrected chi connectivity index (χ4v) is 3.33. The molecule has 0 fully saturated rings. The number of imidazole rings is 1. The van der Waals surface area contributed by atoms with Crippen LogP contribution in [-0.2, 0) is 23.1 Å². The second kappa shape index (κ2) is 8.27. The maximum atomic E-state index is 13.2. The Kier molecular flexibility index (Phi) is 5.99. The molecule has 0 bridgehead atoms. The molecular weight excluding hydrogens is 364 g/mol. The highest BCUT2D eigenvalue weighted by molar-refractivity contribution is 5.91. The van der Waals surface area contributed by atoms with Gasteiger partial charge in [0.2, 0.25) is 5.95 Å². The summed E-state index contributed by atoms with van der Waals surface area (Å²) in [6, 6.07) is -0.145. The van der Waals surface area contributed by atoms with Gasteiger partial charge in [-0.15, -0.1) is 0 Å². The Morgan fingerprint density at radius 3 is 2.36 bits per heavy atom. The van der Waals surface area contributed by atoms with E-state index in [1.54, 1.807) is 12.1 Å². The Morgan fingerprint density at radius 1 is 1.07 bits per heavy atom. The van der Waals surface area contributed by atoms with Crippen LogP contribution in [0.3, 0.4) is 0 Å². The molecule has 0 aliphatic carbocycles. The number of fused-ring (bicyclic) bond motifs is 3. The Balaban J connectivity index is 2.17. The standard InChI is InChI=1S/C18H28N6O4/c1-6-27-10-8-22-16(25)14-15(21(5)18(22)26)19-17-23(9-11-28-7-2)20-12(3)13(4)24(14)17/h13H,6-11H2,1-5H3/t13-/m0/s1. The smallest absolute Gasteiger partial charge is 0.332 e. The van der Waals surface area contributed by atoms with Crippen LogP contribution < -0.4 is 16.3 Å². The second-order valence-electron chi connectivity index (χ2n) is 6.69. The molecule has 0 N–H and O–H groups in total. The van der Waals surface area contributed by atoms with Crippen molar-refractivity contribution >= 4 is 22.8 Å². The predicted molar refractivity (Wildman–Crippen MR) is 107 cm³/mol. The molecule has 10 nitrogen and oxygen atoms in total. The van der Waals surface area contributed by atoms with E-state index in [1.807, 2.05) is 32.3 Å². The molecule has 0 saturated heterocycles. The molecular formula is C18H28N6O4. The zero-order chi connectivity index (χ0) is 20.4. The maximum absolute atomic E-state index is 13.2. The normalized spacial score (nSPS) is 16.5. The average Bonchev–Trinajstić information content (AvgIpc) is 3.08. The Labute approximate surface area is 163 Å². The molecule has 1 aliphatic heterocycles. The van der Waals surface area contributed by atoms with Gasteiger partial charge in [0.15, 0.2) is 11.2 Å². The van der Waals surface area contributed by atoms with E-state index < -0.39 is 5.69 Å². The highest BCUT2D eigenvalue weighted by Gasteiger charge is 2.30. The zero-order valence-corrected chi connectivity index (χ0v) is 17.1. The fourth-order valence-electron chi connectivity index (χ4n) is 3.33. The lowest BCUT2D eigenvalue weighted by Gasteiger charge is -2.29. The summed E-state index contributed by atoms with van der Waals surface area (Å²) in [6.45, 7) is 10.3. The van der Waals surface area contributed by atoms with Crippen molar-refractivity contribution in [2.45, 2.75) is 40.3 Å². The molecule has 0 amide bonds. The molecule has 0 spiro atoms. The van der Waals surface area contributed by atoms with Gasteiger partial charge >= 0.3 is 5.69 Å². The van der Waals surface area contributed by atoms with Gasteiger partial charge in [-0.25, -0.2) is 9.80 Å². The molecule has 10 heteroatoms. The summed E-state index contributed by atoms with van der Waals surface area (Å²) in [5.41, 5.74) is 0.853. The summed E-state index contributed by atoms with van der Waals surface area (Å²) < 4.78 is 15.3. The monoisotopic (exact) mass is 392 g/mol. The number of rotatable bonds is 8. The Hall–Kier alpha value is -2.46. The van der Waals surface area contributed by atoms with Gasteiger partial charge < -0.3 is 9.47 Å². The SMILES string of the molecule is CCOCCN1N=C(C)[C@H](C)n2c1nc1c2c(=O)n(CCOCC)c(=O)n1C. The fraction of sp³-hybridized carbons (Fsp3) is 0.667. The summed E-state index contributed by atoms with van der Waals surface area (Å²) >= 11 is 0. The van der Waals surface area contributed by atoms with Gasteiger partial charge in [-0.2, -0.15) is 10.1 Å². The van der Waals surface area contributed by atoms with Crippen molar-refractivity contribution in [2.24, 2.45) is 12.1 Å². The highest BCUT2D eigenvalue weighted by Crippen LogP contribution is 2.29. The summed E-state index contributed by atoms with van der Waals surface area (Å²) in [7, 11) is 1.63. The third-order valence-electron chi connectivity index (χ3n) is 4.97. The van der Waals surface area contributed by atoms with Crippen molar-refractivity contribution in [3.63, 3.8) is 0 Å². The minimum Gasteiger partial charge on any atom is -0.380 e. The highest BCUT2D eigenvalue weighted by atomic mass is 16.5. The molecule has 1 aliphatic rings. The van der Waals surface area contributed by atoms with E-state index in [2.05, 4.69) is 10.1 Å². The Morgan fingerprint density at radius 2 is 1.71 bits per heavy atom. The number of ether oxygens (including phenoxy) is 2. The topological polar surface area (TPSA) is 95.9 Å². The number of aryl methyl sites for hydroxylation is 1. The molecule has 0 saturated carbocycles. The summed E-state index contributed by atoms with van der Waals surface area (Å²) in [6.07, 6.45) is 0. The third kappa shape index (κ3) is 3.37. The first-order valence-corrected chi connectivity index (χ1v) is 9.62. The van der Waals surface area contributed by atoms with Gasteiger partial charge in [0.1, 0.15) is 0 Å². The molecule has 0 unspecified atom stereocenters. The van der Waals surface area contributed by atoms with Crippen LogP contribution in [0.1, 0.15) is 33.7 Å². The van der Waals surface area contributed by atoms with E-state index in [0.717, 1.165) is 5.71 Å². The first-order chi connectivity index (χ1) is 13.4. The summed E-state index contributed by atoms with van der Waals surface area (Å²) in [5, 5.41) is 6.34. The largest absolute Gasteiger partial charge is 0.380 e. The van der Waals surface area contributed by atoms with Crippen LogP contribution in [0, 0.1) is 0 Å². The molecule has 0 aromatic carbocycles. The van der Waals surface area contributed by atoms with Crippen LogP contribution in [0.5, 0.6) is 0 Å². The van der Waals surface area contributed by atoms with Crippen LogP contribution in [0.15, 0.2) is 14.7 Å². The van der Waals surface area contributed by atoms with Gasteiger partial charge in [-0.3, -0.25) is 18.5 Å². The van der Waals surface area contributed by atoms with Crippen molar-refractivity contribution < 1.29 is 9.47 Å². The maximum Gasteiger partial charge on any atom is 0.332 e. The van der Waals surface area contributed by atoms with Crippen molar-refractivity contribution in [3.8, 4) is 0 Å². The van der Waals surface area contributed by atoms with Crippen LogP contribution >= 0.6 is 0 Å². The van der Waals surface area contributed by atoms with Crippen molar-refractivity contribution in [1.29, 1.82) is 0 Å². The molecule has 3 heterocycles. The van der Waals surface area contributed by atoms with E-state index in [0.29, 0.717) is 50.1 Å². The zero-order valence-electron chi connectivity index (χ0n) is 17.1. The van der Waals surface area contributed by atoms with Gasteiger partial charge in [-0.1, -0.05) is 0 Å². The third-order valence-corrected chi connectivity index (χ3v) is 4.97. The van der Waals surface area contributed by atoms with Crippen molar-refractivity contribution in [2.75, 3.05) is 38.0 Å². The van der Waals surface area contributed by atoms with E-state index in [9.17, 15) is 9.59 Å². The molecule has 1 atom stereocenters. The quantitative estimate of drug-likeness (QED) is 0.615. The van der Waals surface area contributed by atoms with Crippen molar-refractivity contribution in [1.82, 2.24) is 18.7 Å². The van der Waals surface area contributed by atoms with E-state index in [-0.39, 0.29) is 18.1 Å². The van der Waals surface area contributed by atoms with Crippen LogP contribution in [0.25, 0.3) is 11.2 Å². The lowest BCUT2D eigenvalue weighted by Crippen LogP contribution is -2.41. The Bertz CT molecular complexity index is 1000. The average molecular weight is 392 g/mol. The van der Waals surface area contributed by atoms with Gasteiger partial charge in [0.05, 0.1) is 38.1 Å². The van der Waals surface area contributed by atoms with E-state index in [4.69, 9.17) is 9.47 Å². The second-order valence-corrected chi connectivity index (χ2v) is 6.69. The number of aromatic nitrogens is 4. The molecule has 154 valence electrons. The van der Waals surface area contributed by atoms with E-state index in [1.165, 1.54) is 9.13 Å². The number of hydrazone groups is 1. The van der Waals surface area contributed by atoms with Crippen molar-refractivity contribution in [3.05, 3.63) is 20.8 Å². The summed E-state index contributed by atoms with van der Waals surface area (Å²) in [4.78, 5) is 30.5. The van der Waals surface area contributed by atoms with E-state index >= 15 is 0 Å². The molecule has 2 aromatic heterocycles. The van der Waals surface area contributed by atoms with Crippen LogP contribution in [0.4, 0.5) is 5.95 Å². The molecule has 0 radical (unpaired) electrons. The molecule has 3 rings (SSSR count). The van der Waals surface area contributed by atoms with Gasteiger partial charge in [0, 0.05) is 20.3 Å². The predicted octanol–water partition coefficient (Wildman–Crippen LogP) is 0.727. The molecule has 2 aromatic rings. The van der Waals surface area contributed by atoms with Gasteiger partial charge in [-0.05, 0) is 27.7 Å². The number of nitrogens with zero attached hydrogens (tertiary/aromatic N) is 6.